The maximum Gasteiger partial charge on any atom is 0.146 e. The third kappa shape index (κ3) is 2.01. The molecule has 0 N–H and O–H groups in total. The summed E-state index contributed by atoms with van der Waals surface area (Å²) in [6, 6.07) is 8.28. The lowest BCUT2D eigenvalue weighted by Crippen LogP contribution is -2.07. The summed E-state index contributed by atoms with van der Waals surface area (Å²) in [6.45, 7) is 2.10. The van der Waals surface area contributed by atoms with Gasteiger partial charge in [0.2, 0.25) is 0 Å². The Hall–Kier alpha value is -0.760. The molecule has 1 fully saturated rings. The number of benzene rings is 1. The van der Waals surface area contributed by atoms with E-state index in [1.165, 1.54) is 10.5 Å². The number of aryl methyl sites for hydroxylation is 1. The van der Waals surface area contributed by atoms with Gasteiger partial charge in [0.25, 0.3) is 0 Å². The summed E-state index contributed by atoms with van der Waals surface area (Å²) in [5.41, 5.74) is 1.28. The van der Waals surface area contributed by atoms with Gasteiger partial charge < -0.3 is 0 Å². The van der Waals surface area contributed by atoms with Crippen molar-refractivity contribution in [3.63, 3.8) is 0 Å². The summed E-state index contributed by atoms with van der Waals surface area (Å²) in [7, 11) is 0. The highest BCUT2D eigenvalue weighted by Crippen LogP contribution is 2.33. The summed E-state index contributed by atoms with van der Waals surface area (Å²) in [4.78, 5) is 12.7. The molecule has 2 heteroatoms. The molecule has 1 aromatic rings. The maximum atomic E-state index is 11.5. The molecule has 0 heterocycles. The van der Waals surface area contributed by atoms with Crippen LogP contribution in [0.1, 0.15) is 24.8 Å². The first-order chi connectivity index (χ1) is 6.77. The number of hydrogen-bond acceptors (Lipinski definition) is 2. The average molecular weight is 206 g/mol. The van der Waals surface area contributed by atoms with Crippen LogP contribution in [0.25, 0.3) is 0 Å². The van der Waals surface area contributed by atoms with E-state index in [1.807, 2.05) is 12.1 Å². The summed E-state index contributed by atoms with van der Waals surface area (Å²) in [5.74, 6) is 0.429. The largest absolute Gasteiger partial charge is 0.298 e. The van der Waals surface area contributed by atoms with Crippen LogP contribution in [0.5, 0.6) is 0 Å². The second-order valence-electron chi connectivity index (χ2n) is 3.73. The van der Waals surface area contributed by atoms with Gasteiger partial charge in [-0.25, -0.2) is 0 Å². The number of thioether (sulfide) groups is 1. The van der Waals surface area contributed by atoms with Crippen LogP contribution in [-0.4, -0.2) is 11.0 Å². The lowest BCUT2D eigenvalue weighted by atomic mass is 10.2. The van der Waals surface area contributed by atoms with Gasteiger partial charge in [-0.1, -0.05) is 18.2 Å². The number of carbonyl (C=O) groups is 1. The molecular formula is C12H14OS. The maximum absolute atomic E-state index is 11.5. The van der Waals surface area contributed by atoms with E-state index < -0.39 is 0 Å². The summed E-state index contributed by atoms with van der Waals surface area (Å²) < 4.78 is 0. The number of carbonyl (C=O) groups excluding carboxylic acids is 1. The minimum Gasteiger partial charge on any atom is -0.298 e. The Morgan fingerprint density at radius 2 is 2.14 bits per heavy atom. The van der Waals surface area contributed by atoms with Crippen LogP contribution in [0.3, 0.4) is 0 Å². The number of hydrogen-bond donors (Lipinski definition) is 0. The lowest BCUT2D eigenvalue weighted by molar-refractivity contribution is -0.116. The van der Waals surface area contributed by atoms with Crippen LogP contribution in [0.4, 0.5) is 0 Å². The van der Waals surface area contributed by atoms with Crippen molar-refractivity contribution in [1.82, 2.24) is 0 Å². The van der Waals surface area contributed by atoms with Crippen molar-refractivity contribution in [1.29, 1.82) is 0 Å². The van der Waals surface area contributed by atoms with Gasteiger partial charge in [-0.05, 0) is 31.4 Å². The molecule has 0 spiro atoms. The highest BCUT2D eigenvalue weighted by Gasteiger charge is 2.25. The molecule has 0 saturated heterocycles. The van der Waals surface area contributed by atoms with E-state index in [0.717, 1.165) is 19.3 Å². The Bertz CT molecular complexity index is 346. The van der Waals surface area contributed by atoms with Gasteiger partial charge in [0.05, 0.1) is 5.25 Å². The van der Waals surface area contributed by atoms with Crippen molar-refractivity contribution in [2.75, 3.05) is 0 Å². The second-order valence-corrected chi connectivity index (χ2v) is 4.98. The molecule has 1 aliphatic rings. The molecule has 0 aromatic heterocycles. The molecule has 0 bridgehead atoms. The van der Waals surface area contributed by atoms with Gasteiger partial charge in [-0.15, -0.1) is 11.8 Å². The van der Waals surface area contributed by atoms with Crippen molar-refractivity contribution in [3.8, 4) is 0 Å². The van der Waals surface area contributed by atoms with E-state index in [1.54, 1.807) is 11.8 Å². The van der Waals surface area contributed by atoms with Crippen LogP contribution in [-0.2, 0) is 4.79 Å². The van der Waals surface area contributed by atoms with Crippen LogP contribution in [0.15, 0.2) is 29.2 Å². The van der Waals surface area contributed by atoms with E-state index in [-0.39, 0.29) is 5.25 Å². The zero-order valence-corrected chi connectivity index (χ0v) is 9.14. The van der Waals surface area contributed by atoms with Crippen LogP contribution < -0.4 is 0 Å². The predicted octanol–water partition coefficient (Wildman–Crippen LogP) is 3.21. The number of Topliss-reactive ketones (excluding diaryl/α,β-unsaturated/α-hetero) is 1. The first kappa shape index (κ1) is 9.78. The molecule has 74 valence electrons. The zero-order chi connectivity index (χ0) is 9.97. The average Bonchev–Trinajstić information content (AvgIpc) is 2.56. The molecule has 1 unspecified atom stereocenters. The molecule has 0 aliphatic heterocycles. The normalized spacial score (nSPS) is 21.5. The fourth-order valence-electron chi connectivity index (χ4n) is 1.75. The van der Waals surface area contributed by atoms with Crippen molar-refractivity contribution >= 4 is 17.5 Å². The Kier molecular flexibility index (Phi) is 2.92. The fraction of sp³-hybridized carbons (Fsp3) is 0.417. The van der Waals surface area contributed by atoms with E-state index in [9.17, 15) is 4.79 Å². The highest BCUT2D eigenvalue weighted by molar-refractivity contribution is 8.00. The predicted molar refractivity (Wildman–Crippen MR) is 59.7 cm³/mol. The minimum absolute atomic E-state index is 0.219. The standard InChI is InChI=1S/C12H14OS/c1-9-5-2-3-7-11(9)14-12-8-4-6-10(12)13/h2-3,5,7,12H,4,6,8H2,1H3. The quantitative estimate of drug-likeness (QED) is 0.739. The number of rotatable bonds is 2. The van der Waals surface area contributed by atoms with E-state index >= 15 is 0 Å². The van der Waals surface area contributed by atoms with Crippen molar-refractivity contribution in [3.05, 3.63) is 29.8 Å². The number of ketones is 1. The third-order valence-corrected chi connectivity index (χ3v) is 4.11. The van der Waals surface area contributed by atoms with Crippen LogP contribution in [0, 0.1) is 6.92 Å². The second kappa shape index (κ2) is 4.18. The monoisotopic (exact) mass is 206 g/mol. The molecule has 1 atom stereocenters. The fourth-order valence-corrected chi connectivity index (χ4v) is 3.00. The molecule has 2 rings (SSSR count). The smallest absolute Gasteiger partial charge is 0.146 e. The molecule has 0 amide bonds. The third-order valence-electron chi connectivity index (χ3n) is 2.61. The van der Waals surface area contributed by atoms with Crippen molar-refractivity contribution in [2.45, 2.75) is 36.3 Å². The molecular weight excluding hydrogens is 192 g/mol. The molecule has 14 heavy (non-hydrogen) atoms. The summed E-state index contributed by atoms with van der Waals surface area (Å²) >= 11 is 1.74. The van der Waals surface area contributed by atoms with Crippen molar-refractivity contribution in [2.24, 2.45) is 0 Å². The highest BCUT2D eigenvalue weighted by atomic mass is 32.2. The van der Waals surface area contributed by atoms with Gasteiger partial charge in [-0.2, -0.15) is 0 Å². The van der Waals surface area contributed by atoms with Crippen molar-refractivity contribution < 1.29 is 4.79 Å². The van der Waals surface area contributed by atoms with Gasteiger partial charge in [0, 0.05) is 11.3 Å². The Morgan fingerprint density at radius 1 is 1.36 bits per heavy atom. The Morgan fingerprint density at radius 3 is 2.79 bits per heavy atom. The van der Waals surface area contributed by atoms with Gasteiger partial charge in [0.15, 0.2) is 0 Å². The molecule has 1 aliphatic carbocycles. The summed E-state index contributed by atoms with van der Waals surface area (Å²) in [5, 5.41) is 0.219. The molecule has 1 aromatic carbocycles. The molecule has 0 radical (unpaired) electrons. The molecule has 1 saturated carbocycles. The topological polar surface area (TPSA) is 17.1 Å². The van der Waals surface area contributed by atoms with Gasteiger partial charge in [-0.3, -0.25) is 4.79 Å². The van der Waals surface area contributed by atoms with E-state index in [0.29, 0.717) is 5.78 Å². The SMILES string of the molecule is Cc1ccccc1SC1CCCC1=O. The van der Waals surface area contributed by atoms with Crippen LogP contribution in [0.2, 0.25) is 0 Å². The van der Waals surface area contributed by atoms with Gasteiger partial charge in [0.1, 0.15) is 5.78 Å². The minimum atomic E-state index is 0.219. The first-order valence-electron chi connectivity index (χ1n) is 5.02. The summed E-state index contributed by atoms with van der Waals surface area (Å²) in [6.07, 6.45) is 2.91. The van der Waals surface area contributed by atoms with Crippen LogP contribution >= 0.6 is 11.8 Å². The Labute approximate surface area is 88.9 Å². The van der Waals surface area contributed by atoms with E-state index in [4.69, 9.17) is 0 Å². The Balaban J connectivity index is 2.10. The van der Waals surface area contributed by atoms with Gasteiger partial charge >= 0.3 is 0 Å². The lowest BCUT2D eigenvalue weighted by Gasteiger charge is -2.09. The van der Waals surface area contributed by atoms with E-state index in [2.05, 4.69) is 19.1 Å². The zero-order valence-electron chi connectivity index (χ0n) is 8.32. The molecule has 1 nitrogen and oxygen atoms in total. The first-order valence-corrected chi connectivity index (χ1v) is 5.90.